The van der Waals surface area contributed by atoms with Gasteiger partial charge in [-0.25, -0.2) is 4.98 Å². The minimum Gasteiger partial charge on any atom is -0.493 e. The number of nitrogens with one attached hydrogen (secondary N) is 3. The van der Waals surface area contributed by atoms with Gasteiger partial charge in [-0.1, -0.05) is 0 Å². The zero-order valence-corrected chi connectivity index (χ0v) is 17.1. The quantitative estimate of drug-likeness (QED) is 0.402. The van der Waals surface area contributed by atoms with Gasteiger partial charge in [-0.15, -0.1) is 0 Å². The molecule has 2 aromatic rings. The molecule has 0 amide bonds. The van der Waals surface area contributed by atoms with Gasteiger partial charge < -0.3 is 30.0 Å². The topological polar surface area (TPSA) is 72.4 Å². The van der Waals surface area contributed by atoms with E-state index in [9.17, 15) is 0 Å². The molecule has 1 heterocycles. The highest BCUT2D eigenvalue weighted by molar-refractivity contribution is 7.80. The molecule has 148 valence electrons. The molecule has 0 saturated carbocycles. The van der Waals surface area contributed by atoms with Crippen molar-refractivity contribution >= 4 is 23.0 Å². The third-order valence-corrected chi connectivity index (χ3v) is 4.28. The third kappa shape index (κ3) is 7.07. The largest absolute Gasteiger partial charge is 0.493 e. The number of imidazole rings is 1. The van der Waals surface area contributed by atoms with Crippen molar-refractivity contribution in [2.24, 2.45) is 0 Å². The van der Waals surface area contributed by atoms with E-state index in [1.165, 1.54) is 0 Å². The maximum Gasteiger partial charge on any atom is 0.170 e. The number of aryl methyl sites for hydroxylation is 2. The van der Waals surface area contributed by atoms with Crippen molar-refractivity contribution in [2.75, 3.05) is 39.2 Å². The standard InChI is InChI=1S/C19H29N5O2S/c1-15-13-21-14-24(15)10-4-9-22-19(27)23-16-6-7-17(18(12-16)25-3)26-11-5-8-20-2/h6-7,12-14,20H,4-5,8-11H2,1-3H3,(H2,22,23,27). The van der Waals surface area contributed by atoms with Crippen molar-refractivity contribution < 1.29 is 9.47 Å². The number of anilines is 1. The zero-order valence-electron chi connectivity index (χ0n) is 16.2. The van der Waals surface area contributed by atoms with Crippen LogP contribution in [0.15, 0.2) is 30.7 Å². The zero-order chi connectivity index (χ0) is 19.5. The van der Waals surface area contributed by atoms with Gasteiger partial charge in [-0.3, -0.25) is 0 Å². The number of thiocarbonyl (C=S) groups is 1. The SMILES string of the molecule is CNCCCOc1ccc(NC(=S)NCCCn2cncc2C)cc1OC. The molecule has 3 N–H and O–H groups in total. The molecule has 0 aliphatic rings. The van der Waals surface area contributed by atoms with E-state index in [2.05, 4.69) is 25.5 Å². The first kappa shape index (κ1) is 21.0. The Hall–Kier alpha value is -2.32. The summed E-state index contributed by atoms with van der Waals surface area (Å²) in [5.74, 6) is 1.41. The molecule has 2 rings (SSSR count). The summed E-state index contributed by atoms with van der Waals surface area (Å²) in [5.41, 5.74) is 2.02. The Morgan fingerprint density at radius 1 is 1.22 bits per heavy atom. The van der Waals surface area contributed by atoms with Gasteiger partial charge in [0.05, 0.1) is 20.0 Å². The summed E-state index contributed by atoms with van der Waals surface area (Å²) in [7, 11) is 3.56. The lowest BCUT2D eigenvalue weighted by molar-refractivity contribution is 0.289. The fourth-order valence-corrected chi connectivity index (χ4v) is 2.76. The summed E-state index contributed by atoms with van der Waals surface area (Å²) < 4.78 is 13.3. The fourth-order valence-electron chi connectivity index (χ4n) is 2.54. The van der Waals surface area contributed by atoms with Gasteiger partial charge in [-0.05, 0) is 57.7 Å². The highest BCUT2D eigenvalue weighted by Gasteiger charge is 2.07. The molecule has 0 radical (unpaired) electrons. The molecule has 0 saturated heterocycles. The molecule has 1 aromatic carbocycles. The summed E-state index contributed by atoms with van der Waals surface area (Å²) in [6.45, 7) is 5.30. The van der Waals surface area contributed by atoms with Crippen molar-refractivity contribution in [3.05, 3.63) is 36.4 Å². The molecule has 0 aliphatic heterocycles. The van der Waals surface area contributed by atoms with Gasteiger partial charge >= 0.3 is 0 Å². The monoisotopic (exact) mass is 391 g/mol. The molecule has 1 aromatic heterocycles. The second-order valence-corrected chi connectivity index (χ2v) is 6.54. The van der Waals surface area contributed by atoms with Crippen LogP contribution in [0.2, 0.25) is 0 Å². The molecule has 0 spiro atoms. The van der Waals surface area contributed by atoms with E-state index >= 15 is 0 Å². The normalized spacial score (nSPS) is 10.5. The predicted octanol–water partition coefficient (Wildman–Crippen LogP) is 2.57. The van der Waals surface area contributed by atoms with Crippen LogP contribution < -0.4 is 25.4 Å². The van der Waals surface area contributed by atoms with Gasteiger partial charge in [0, 0.05) is 36.7 Å². The maximum atomic E-state index is 5.77. The molecule has 7 nitrogen and oxygen atoms in total. The van der Waals surface area contributed by atoms with Crippen molar-refractivity contribution in [3.63, 3.8) is 0 Å². The Morgan fingerprint density at radius 2 is 2.07 bits per heavy atom. The predicted molar refractivity (Wildman–Crippen MR) is 113 cm³/mol. The number of benzene rings is 1. The smallest absolute Gasteiger partial charge is 0.170 e. The molecule has 0 bridgehead atoms. The number of rotatable bonds is 11. The highest BCUT2D eigenvalue weighted by atomic mass is 32.1. The summed E-state index contributed by atoms with van der Waals surface area (Å²) >= 11 is 5.37. The highest BCUT2D eigenvalue weighted by Crippen LogP contribution is 2.30. The Labute approximate surface area is 166 Å². The van der Waals surface area contributed by atoms with E-state index in [4.69, 9.17) is 21.7 Å². The molecule has 0 unspecified atom stereocenters. The van der Waals surface area contributed by atoms with Gasteiger partial charge in [0.25, 0.3) is 0 Å². The van der Waals surface area contributed by atoms with Crippen LogP contribution in [-0.4, -0.2) is 48.5 Å². The minimum atomic E-state index is 0.585. The molecular formula is C19H29N5O2S. The minimum absolute atomic E-state index is 0.585. The number of aromatic nitrogens is 2. The fraction of sp³-hybridized carbons (Fsp3) is 0.474. The van der Waals surface area contributed by atoms with Gasteiger partial charge in [0.2, 0.25) is 0 Å². The van der Waals surface area contributed by atoms with Gasteiger partial charge in [0.1, 0.15) is 0 Å². The average molecular weight is 392 g/mol. The number of hydrogen-bond acceptors (Lipinski definition) is 5. The molecule has 0 aliphatic carbocycles. The summed E-state index contributed by atoms with van der Waals surface area (Å²) in [6, 6.07) is 5.71. The van der Waals surface area contributed by atoms with E-state index in [-0.39, 0.29) is 0 Å². The number of hydrogen-bond donors (Lipinski definition) is 3. The summed E-state index contributed by atoms with van der Waals surface area (Å²) in [5, 5.41) is 10.1. The molecule has 27 heavy (non-hydrogen) atoms. The Balaban J connectivity index is 1.76. The van der Waals surface area contributed by atoms with Crippen LogP contribution in [0.5, 0.6) is 11.5 Å². The Bertz CT molecular complexity index is 720. The molecular weight excluding hydrogens is 362 g/mol. The number of methoxy groups -OCH3 is 1. The molecule has 0 atom stereocenters. The second kappa shape index (κ2) is 11.4. The number of ether oxygens (including phenoxy) is 2. The van der Waals surface area contributed by atoms with Crippen LogP contribution in [0, 0.1) is 6.92 Å². The number of nitrogens with zero attached hydrogens (tertiary/aromatic N) is 2. The first-order valence-corrected chi connectivity index (χ1v) is 9.52. The molecule has 8 heteroatoms. The van der Waals surface area contributed by atoms with Crippen molar-refractivity contribution in [3.8, 4) is 11.5 Å². The van der Waals surface area contributed by atoms with Crippen molar-refractivity contribution in [1.82, 2.24) is 20.2 Å². The Morgan fingerprint density at radius 3 is 2.78 bits per heavy atom. The van der Waals surface area contributed by atoms with E-state index in [0.29, 0.717) is 17.5 Å². The lowest BCUT2D eigenvalue weighted by atomic mass is 10.2. The molecule has 0 fully saturated rings. The first-order valence-electron chi connectivity index (χ1n) is 9.11. The van der Waals surface area contributed by atoms with Crippen LogP contribution in [0.25, 0.3) is 0 Å². The Kier molecular flexibility index (Phi) is 8.86. The van der Waals surface area contributed by atoms with E-state index < -0.39 is 0 Å². The lowest BCUT2D eigenvalue weighted by Gasteiger charge is -2.14. The van der Waals surface area contributed by atoms with Crippen molar-refractivity contribution in [1.29, 1.82) is 0 Å². The van der Waals surface area contributed by atoms with Crippen LogP contribution in [0.1, 0.15) is 18.5 Å². The van der Waals surface area contributed by atoms with Crippen LogP contribution >= 0.6 is 12.2 Å². The average Bonchev–Trinajstić information content (AvgIpc) is 3.08. The van der Waals surface area contributed by atoms with Crippen LogP contribution in [0.4, 0.5) is 5.69 Å². The van der Waals surface area contributed by atoms with Crippen LogP contribution in [0.3, 0.4) is 0 Å². The summed E-state index contributed by atoms with van der Waals surface area (Å²) in [4.78, 5) is 4.12. The van der Waals surface area contributed by atoms with E-state index in [1.54, 1.807) is 7.11 Å². The summed E-state index contributed by atoms with van der Waals surface area (Å²) in [6.07, 6.45) is 5.61. The van der Waals surface area contributed by atoms with Gasteiger partial charge in [0.15, 0.2) is 16.6 Å². The first-order chi connectivity index (χ1) is 13.1. The van der Waals surface area contributed by atoms with E-state index in [1.807, 2.05) is 44.7 Å². The third-order valence-electron chi connectivity index (χ3n) is 4.03. The van der Waals surface area contributed by atoms with Gasteiger partial charge in [-0.2, -0.15) is 0 Å². The van der Waals surface area contributed by atoms with Crippen LogP contribution in [-0.2, 0) is 6.54 Å². The van der Waals surface area contributed by atoms with E-state index in [0.717, 1.165) is 49.6 Å². The lowest BCUT2D eigenvalue weighted by Crippen LogP contribution is -2.29. The van der Waals surface area contributed by atoms with Crippen molar-refractivity contribution in [2.45, 2.75) is 26.3 Å². The maximum absolute atomic E-state index is 5.77. The second-order valence-electron chi connectivity index (χ2n) is 6.13.